The Hall–Kier alpha value is -3.78. The Bertz CT molecular complexity index is 1300. The second-order valence-corrected chi connectivity index (χ2v) is 9.67. The lowest BCUT2D eigenvalue weighted by Crippen LogP contribution is -2.29. The molecule has 0 aromatic heterocycles. The predicted octanol–water partition coefficient (Wildman–Crippen LogP) is 3.50. The number of imide groups is 1. The molecule has 33 heavy (non-hydrogen) atoms. The highest BCUT2D eigenvalue weighted by atomic mass is 32.2. The molecule has 0 spiro atoms. The molecule has 0 saturated carbocycles. The first-order valence-corrected chi connectivity index (χ1v) is 12.0. The maximum atomic E-state index is 12.8. The topological polar surface area (TPSA) is 97.8 Å². The number of carbonyl (C=O) groups is 3. The fraction of sp³-hybridized carbons (Fsp3) is 0.160. The normalized spacial score (nSPS) is 13.2. The quantitative estimate of drug-likeness (QED) is 0.288. The molecule has 0 bridgehead atoms. The smallest absolute Gasteiger partial charge is 0.338 e. The zero-order valence-electron chi connectivity index (χ0n) is 17.6. The number of nitrogens with zero attached hydrogens (tertiary/aromatic N) is 1. The highest BCUT2D eigenvalue weighted by Gasteiger charge is 2.36. The summed E-state index contributed by atoms with van der Waals surface area (Å²) in [5.41, 5.74) is 1.33. The molecule has 0 atom stereocenters. The fourth-order valence-corrected chi connectivity index (χ4v) is 4.88. The van der Waals surface area contributed by atoms with Gasteiger partial charge in [-0.25, -0.2) is 13.2 Å². The maximum Gasteiger partial charge on any atom is 0.338 e. The second-order valence-electron chi connectivity index (χ2n) is 7.56. The minimum atomic E-state index is -3.46. The molecule has 0 unspecified atom stereocenters. The van der Waals surface area contributed by atoms with Crippen LogP contribution in [-0.4, -0.2) is 43.5 Å². The first kappa shape index (κ1) is 22.4. The second kappa shape index (κ2) is 9.38. The van der Waals surface area contributed by atoms with Gasteiger partial charge in [-0.05, 0) is 42.3 Å². The van der Waals surface area contributed by atoms with Crippen LogP contribution in [0.15, 0.2) is 83.8 Å². The van der Waals surface area contributed by atoms with Crippen molar-refractivity contribution in [2.24, 2.45) is 0 Å². The largest absolute Gasteiger partial charge is 0.462 e. The molecule has 1 aliphatic heterocycles. The van der Waals surface area contributed by atoms with Crippen LogP contribution in [0.3, 0.4) is 0 Å². The van der Waals surface area contributed by atoms with Crippen molar-refractivity contribution in [3.05, 3.63) is 101 Å². The van der Waals surface area contributed by atoms with E-state index in [9.17, 15) is 22.8 Å². The van der Waals surface area contributed by atoms with E-state index in [4.69, 9.17) is 4.74 Å². The number of hydrogen-bond acceptors (Lipinski definition) is 6. The van der Waals surface area contributed by atoms with Crippen LogP contribution < -0.4 is 0 Å². The van der Waals surface area contributed by atoms with Crippen LogP contribution in [0, 0.1) is 0 Å². The molecule has 0 N–H and O–H groups in total. The van der Waals surface area contributed by atoms with Crippen molar-refractivity contribution in [1.29, 1.82) is 0 Å². The van der Waals surface area contributed by atoms with E-state index in [0.717, 1.165) is 10.5 Å². The highest BCUT2D eigenvalue weighted by Crippen LogP contribution is 2.26. The molecule has 7 nitrogen and oxygen atoms in total. The number of sulfone groups is 1. The van der Waals surface area contributed by atoms with Gasteiger partial charge in [-0.15, -0.1) is 0 Å². The number of carbonyl (C=O) groups excluding carboxylic acids is 3. The van der Waals surface area contributed by atoms with E-state index in [2.05, 4.69) is 0 Å². The Morgan fingerprint density at radius 2 is 1.45 bits per heavy atom. The van der Waals surface area contributed by atoms with Crippen LogP contribution in [0.5, 0.6) is 0 Å². The van der Waals surface area contributed by atoms with Crippen molar-refractivity contribution in [3.63, 3.8) is 0 Å². The van der Waals surface area contributed by atoms with Crippen LogP contribution in [0.4, 0.5) is 0 Å². The highest BCUT2D eigenvalue weighted by molar-refractivity contribution is 7.91. The summed E-state index contributed by atoms with van der Waals surface area (Å²) in [7, 11) is -3.46. The van der Waals surface area contributed by atoms with Crippen molar-refractivity contribution in [2.45, 2.75) is 17.9 Å². The van der Waals surface area contributed by atoms with Crippen molar-refractivity contribution in [2.75, 3.05) is 12.4 Å². The molecule has 8 heteroatoms. The van der Waals surface area contributed by atoms with Gasteiger partial charge in [0.2, 0.25) is 0 Å². The molecule has 0 saturated heterocycles. The number of amides is 2. The van der Waals surface area contributed by atoms with Crippen molar-refractivity contribution >= 4 is 27.6 Å². The molecule has 0 fully saturated rings. The molecule has 3 aromatic carbocycles. The van der Waals surface area contributed by atoms with Gasteiger partial charge in [-0.2, -0.15) is 0 Å². The van der Waals surface area contributed by atoms with Gasteiger partial charge in [0.15, 0.2) is 9.84 Å². The van der Waals surface area contributed by atoms with Gasteiger partial charge in [0.1, 0.15) is 0 Å². The van der Waals surface area contributed by atoms with Gasteiger partial charge in [-0.1, -0.05) is 48.5 Å². The Morgan fingerprint density at radius 1 is 0.818 bits per heavy atom. The molecular formula is C25H21NO6S. The average Bonchev–Trinajstić information content (AvgIpc) is 3.07. The van der Waals surface area contributed by atoms with Crippen LogP contribution in [0.25, 0.3) is 0 Å². The lowest BCUT2D eigenvalue weighted by Gasteiger charge is -2.13. The Kier molecular flexibility index (Phi) is 6.37. The zero-order chi connectivity index (χ0) is 23.4. The summed E-state index contributed by atoms with van der Waals surface area (Å²) in [5.74, 6) is -1.72. The van der Waals surface area contributed by atoms with Crippen molar-refractivity contribution in [3.8, 4) is 0 Å². The third-order valence-electron chi connectivity index (χ3n) is 5.28. The zero-order valence-corrected chi connectivity index (χ0v) is 18.5. The van der Waals surface area contributed by atoms with E-state index in [1.54, 1.807) is 18.2 Å². The molecule has 1 heterocycles. The van der Waals surface area contributed by atoms with Crippen LogP contribution >= 0.6 is 0 Å². The van der Waals surface area contributed by atoms with E-state index in [1.807, 2.05) is 30.3 Å². The molecule has 168 valence electrons. The standard InChI is InChI=1S/C25H21NO6S/c27-23-21-13-12-19(16-22(21)24(28)26(23)17-18-8-3-1-4-9-18)25(29)32-14-7-15-33(30,31)20-10-5-2-6-11-20/h1-6,8-13,16H,7,14-15,17H2. The summed E-state index contributed by atoms with van der Waals surface area (Å²) in [5, 5.41) is 0. The van der Waals surface area contributed by atoms with Gasteiger partial charge in [0, 0.05) is 0 Å². The van der Waals surface area contributed by atoms with E-state index in [-0.39, 0.29) is 46.9 Å². The van der Waals surface area contributed by atoms with E-state index < -0.39 is 27.6 Å². The SMILES string of the molecule is O=C(OCCCS(=O)(=O)c1ccccc1)c1ccc2c(c1)C(=O)N(Cc1ccccc1)C2=O. The third kappa shape index (κ3) is 4.85. The molecule has 3 aromatic rings. The maximum absolute atomic E-state index is 12.8. The first-order chi connectivity index (χ1) is 15.9. The lowest BCUT2D eigenvalue weighted by atomic mass is 10.1. The van der Waals surface area contributed by atoms with Gasteiger partial charge in [0.05, 0.1) is 40.5 Å². The van der Waals surface area contributed by atoms with E-state index >= 15 is 0 Å². The van der Waals surface area contributed by atoms with Crippen molar-refractivity contribution < 1.29 is 27.5 Å². The number of hydrogen-bond donors (Lipinski definition) is 0. The molecule has 1 aliphatic rings. The minimum Gasteiger partial charge on any atom is -0.462 e. The number of fused-ring (bicyclic) bond motifs is 1. The Labute approximate surface area is 191 Å². The van der Waals surface area contributed by atoms with Crippen LogP contribution in [-0.2, 0) is 21.1 Å². The monoisotopic (exact) mass is 463 g/mol. The Morgan fingerprint density at radius 3 is 2.15 bits per heavy atom. The lowest BCUT2D eigenvalue weighted by molar-refractivity contribution is 0.0505. The van der Waals surface area contributed by atoms with Crippen molar-refractivity contribution in [1.82, 2.24) is 4.90 Å². The average molecular weight is 464 g/mol. The summed E-state index contributed by atoms with van der Waals surface area (Å²) >= 11 is 0. The first-order valence-electron chi connectivity index (χ1n) is 10.4. The third-order valence-corrected chi connectivity index (χ3v) is 7.10. The molecular weight excluding hydrogens is 442 g/mol. The predicted molar refractivity (Wildman–Crippen MR) is 120 cm³/mol. The molecule has 0 aliphatic carbocycles. The van der Waals surface area contributed by atoms with E-state index in [0.29, 0.717) is 0 Å². The van der Waals surface area contributed by atoms with Crippen LogP contribution in [0.1, 0.15) is 43.1 Å². The van der Waals surface area contributed by atoms with Gasteiger partial charge in [-0.3, -0.25) is 14.5 Å². The van der Waals surface area contributed by atoms with E-state index in [1.165, 1.54) is 30.3 Å². The summed E-state index contributed by atoms with van der Waals surface area (Å²) in [6.07, 6.45) is 0.135. The summed E-state index contributed by atoms with van der Waals surface area (Å²) in [6.45, 7) is 0.0534. The Balaban J connectivity index is 1.37. The number of benzene rings is 3. The molecule has 4 rings (SSSR count). The van der Waals surface area contributed by atoms with Gasteiger partial charge in [0.25, 0.3) is 11.8 Å². The van der Waals surface area contributed by atoms with Gasteiger partial charge < -0.3 is 4.74 Å². The summed E-state index contributed by atoms with van der Waals surface area (Å²) < 4.78 is 29.8. The van der Waals surface area contributed by atoms with Gasteiger partial charge >= 0.3 is 5.97 Å². The molecule has 2 amide bonds. The molecule has 0 radical (unpaired) electrons. The number of esters is 1. The minimum absolute atomic E-state index is 0.0883. The number of ether oxygens (including phenoxy) is 1. The fourth-order valence-electron chi connectivity index (χ4n) is 3.57. The van der Waals surface area contributed by atoms with Crippen LogP contribution in [0.2, 0.25) is 0 Å². The summed E-state index contributed by atoms with van der Waals surface area (Å²) in [6, 6.07) is 21.4. The summed E-state index contributed by atoms with van der Waals surface area (Å²) in [4.78, 5) is 39.2. The number of rotatable bonds is 8.